The Morgan fingerprint density at radius 3 is 1.00 bits per heavy atom. The summed E-state index contributed by atoms with van der Waals surface area (Å²) in [5.74, 6) is 0. The number of hydrogen-bond donors (Lipinski definition) is 0. The molecule has 0 bridgehead atoms. The second-order valence-corrected chi connectivity index (χ2v) is 46.8. The largest absolute Gasteiger partial charge is 0.0115 e. The van der Waals surface area contributed by atoms with Crippen molar-refractivity contribution in [1.29, 1.82) is 0 Å². The van der Waals surface area contributed by atoms with Gasteiger partial charge in [-0.15, -0.1) is 0 Å². The number of rotatable bonds is 0. The third-order valence-electron chi connectivity index (χ3n) is 0. The van der Waals surface area contributed by atoms with Gasteiger partial charge in [0.25, 0.3) is 0 Å². The molecule has 0 aromatic carbocycles. The molecule has 26 valence electrons. The van der Waals surface area contributed by atoms with E-state index < -0.39 is 0 Å². The van der Waals surface area contributed by atoms with E-state index in [0.717, 1.165) is 0 Å². The van der Waals surface area contributed by atoms with Gasteiger partial charge >= 0.3 is 0 Å². The summed E-state index contributed by atoms with van der Waals surface area (Å²) in [6.45, 7) is 0. The second-order valence-electron chi connectivity index (χ2n) is 1.73. The van der Waals surface area contributed by atoms with Gasteiger partial charge in [0, 0.05) is 0 Å². The van der Waals surface area contributed by atoms with Crippen molar-refractivity contribution < 1.29 is 0 Å². The molecule has 0 heterocycles. The molecule has 0 fully saturated rings. The zero-order valence-corrected chi connectivity index (χ0v) is 10.7. The molecule has 4 heteroatoms. The van der Waals surface area contributed by atoms with Crippen molar-refractivity contribution in [3.05, 3.63) is 0 Å². The maximum absolute atomic E-state index is 1.61. The average molecular weight is 122 g/mol. The molecule has 0 aromatic heterocycles. The Bertz CT molecular complexity index is 4.75. The van der Waals surface area contributed by atoms with E-state index in [0.29, 0.717) is 0 Å². The molecule has 0 spiro atoms. The van der Waals surface area contributed by atoms with E-state index in [4.69, 9.17) is 0 Å². The minimum Gasteiger partial charge on any atom is -0.0115 e. The van der Waals surface area contributed by atoms with Crippen LogP contribution in [0.1, 0.15) is 0 Å². The molecule has 0 radical (unpaired) electrons. The minimum atomic E-state index is 0.278. The molecular formula is H10Si4. The predicted octanol–water partition coefficient (Wildman–Crippen LogP) is -4.20. The van der Waals surface area contributed by atoms with E-state index in [9.17, 15) is 0 Å². The van der Waals surface area contributed by atoms with E-state index in [2.05, 4.69) is 0 Å². The van der Waals surface area contributed by atoms with Gasteiger partial charge < -0.3 is 0 Å². The van der Waals surface area contributed by atoms with Crippen LogP contribution >= 0.6 is 0 Å². The van der Waals surface area contributed by atoms with Crippen LogP contribution in [0.4, 0.5) is 0 Å². The first-order chi connectivity index (χ1) is 1.73. The lowest BCUT2D eigenvalue weighted by Crippen LogP contribution is -2.11. The van der Waals surface area contributed by atoms with Crippen molar-refractivity contribution in [2.75, 3.05) is 0 Å². The molecule has 0 unspecified atom stereocenters. The highest BCUT2D eigenvalue weighted by molar-refractivity contribution is 7.49. The van der Waals surface area contributed by atoms with Crippen LogP contribution in [-0.4, -0.2) is 36.6 Å². The summed E-state index contributed by atoms with van der Waals surface area (Å²) in [4.78, 5) is 0. The Morgan fingerprint density at radius 2 is 1.00 bits per heavy atom. The molecule has 0 rings (SSSR count). The minimum absolute atomic E-state index is 0.278. The highest BCUT2D eigenvalue weighted by atomic mass is 29.8. The quantitative estimate of drug-likeness (QED) is 0.286. The maximum Gasteiger partial charge on any atom is -0.00850 e. The average Bonchev–Trinajstić information content (AvgIpc) is 0.811. The Balaban J connectivity index is 2.32. The summed E-state index contributed by atoms with van der Waals surface area (Å²) in [7, 11) is 5.11. The van der Waals surface area contributed by atoms with Crippen LogP contribution in [0, 0.1) is 0 Å². The summed E-state index contributed by atoms with van der Waals surface area (Å²) < 4.78 is 0. The molecule has 0 amide bonds. The fraction of sp³-hybridized carbons (Fsp3) is 0. The van der Waals surface area contributed by atoms with E-state index in [1.807, 2.05) is 0 Å². The molecule has 0 aliphatic heterocycles. The van der Waals surface area contributed by atoms with E-state index in [1.54, 1.807) is 29.3 Å². The van der Waals surface area contributed by atoms with Crippen molar-refractivity contribution in [2.24, 2.45) is 0 Å². The SMILES string of the molecule is [SiH3][SiH]([SiH3])[SiH3]. The molecule has 0 aliphatic rings. The fourth-order valence-electron chi connectivity index (χ4n) is 0. The Kier molecular flexibility index (Phi) is 2.59. The van der Waals surface area contributed by atoms with Gasteiger partial charge in [0.15, 0.2) is 0 Å². The Hall–Kier alpha value is 0.868. The highest BCUT2D eigenvalue weighted by Gasteiger charge is 1.72. The van der Waals surface area contributed by atoms with E-state index >= 15 is 0 Å². The summed E-state index contributed by atoms with van der Waals surface area (Å²) in [6.07, 6.45) is 0. The lowest BCUT2D eigenvalue weighted by Gasteiger charge is -1.74. The summed E-state index contributed by atoms with van der Waals surface area (Å²) in [5.41, 5.74) is 0. The first-order valence-electron chi connectivity index (χ1n) is 1.73. The standard InChI is InChI=1S/H10Si4/c1-4(2)3/h4H,1-3H3. The van der Waals surface area contributed by atoms with Gasteiger partial charge in [-0.05, 0) is 36.6 Å². The van der Waals surface area contributed by atoms with E-state index in [-0.39, 0.29) is 7.35 Å². The van der Waals surface area contributed by atoms with Crippen LogP contribution < -0.4 is 0 Å². The third-order valence-corrected chi connectivity index (χ3v) is 0. The van der Waals surface area contributed by atoms with Crippen LogP contribution in [0.2, 0.25) is 0 Å². The first-order valence-corrected chi connectivity index (χ1v) is 15.6. The zero-order valence-electron chi connectivity index (χ0n) is 3.58. The predicted molar refractivity (Wildman–Crippen MR) is 37.0 cm³/mol. The van der Waals surface area contributed by atoms with Gasteiger partial charge in [-0.3, -0.25) is 0 Å². The molecule has 4 heavy (non-hydrogen) atoms. The Labute approximate surface area is 37.2 Å². The monoisotopic (exact) mass is 122 g/mol. The molecule has 0 N–H and O–H groups in total. The molecule has 0 atom stereocenters. The van der Waals surface area contributed by atoms with Crippen molar-refractivity contribution in [3.8, 4) is 0 Å². The third kappa shape index (κ3) is 13.3. The van der Waals surface area contributed by atoms with Gasteiger partial charge in [0.1, 0.15) is 0 Å². The lowest BCUT2D eigenvalue weighted by atomic mass is 26.4. The highest BCUT2D eigenvalue weighted by Crippen LogP contribution is 1.35. The van der Waals surface area contributed by atoms with Gasteiger partial charge in [0.2, 0.25) is 0 Å². The Morgan fingerprint density at radius 1 is 1.00 bits per heavy atom. The topological polar surface area (TPSA) is 0 Å². The fourth-order valence-corrected chi connectivity index (χ4v) is 0. The maximum atomic E-state index is 1.61. The van der Waals surface area contributed by atoms with Crippen LogP contribution in [0.5, 0.6) is 0 Å². The molecule has 0 saturated carbocycles. The summed E-state index contributed by atoms with van der Waals surface area (Å²) in [6, 6.07) is 0. The molecular weight excluding hydrogens is 112 g/mol. The van der Waals surface area contributed by atoms with Gasteiger partial charge in [-0.1, -0.05) is 0 Å². The molecule has 0 nitrogen and oxygen atoms in total. The van der Waals surface area contributed by atoms with Crippen LogP contribution in [0.3, 0.4) is 0 Å². The smallest absolute Gasteiger partial charge is 0.00850 e. The molecule has 0 aromatic rings. The normalized spacial score (nSPS) is 18.0. The number of hydrogen-bond acceptors (Lipinski definition) is 0. The second kappa shape index (κ2) is 2.13. The van der Waals surface area contributed by atoms with Crippen molar-refractivity contribution in [3.63, 3.8) is 0 Å². The van der Waals surface area contributed by atoms with Crippen LogP contribution in [0.15, 0.2) is 0 Å². The lowest BCUT2D eigenvalue weighted by molar-refractivity contribution is 4.02. The zero-order chi connectivity index (χ0) is 3.58. The van der Waals surface area contributed by atoms with Gasteiger partial charge in [-0.2, -0.15) is 0 Å². The first kappa shape index (κ1) is 4.87. The van der Waals surface area contributed by atoms with Gasteiger partial charge in [0.05, 0.1) is 0 Å². The molecule has 0 aliphatic carbocycles. The van der Waals surface area contributed by atoms with Crippen molar-refractivity contribution in [1.82, 2.24) is 0 Å². The van der Waals surface area contributed by atoms with Crippen molar-refractivity contribution in [2.45, 2.75) is 0 Å². The molecule has 0 saturated heterocycles. The van der Waals surface area contributed by atoms with Crippen LogP contribution in [-0.2, 0) is 0 Å². The summed E-state index contributed by atoms with van der Waals surface area (Å²) >= 11 is 0. The van der Waals surface area contributed by atoms with Crippen molar-refractivity contribution >= 4 is 36.6 Å². The van der Waals surface area contributed by atoms with E-state index in [1.165, 1.54) is 0 Å². The van der Waals surface area contributed by atoms with Gasteiger partial charge in [-0.25, -0.2) is 0 Å². The van der Waals surface area contributed by atoms with Crippen LogP contribution in [0.25, 0.3) is 0 Å². The summed E-state index contributed by atoms with van der Waals surface area (Å²) in [5, 5.41) is 0.